The van der Waals surface area contributed by atoms with Crippen molar-refractivity contribution >= 4 is 6.29 Å². The van der Waals surface area contributed by atoms with E-state index in [-0.39, 0.29) is 0 Å². The number of hydrogen-bond donors (Lipinski definition) is 1. The van der Waals surface area contributed by atoms with Crippen molar-refractivity contribution in [1.29, 1.82) is 0 Å². The number of carbonyl (C=O) groups excluding carboxylic acids is 1. The number of carbonyl (C=O) groups is 1. The molecule has 0 aliphatic rings. The van der Waals surface area contributed by atoms with Crippen LogP contribution in [0.4, 0.5) is 0 Å². The Morgan fingerprint density at radius 3 is 2.43 bits per heavy atom. The minimum absolute atomic E-state index is 0.719. The lowest BCUT2D eigenvalue weighted by Gasteiger charge is -2.09. The third kappa shape index (κ3) is 2.23. The second-order valence-corrected chi connectivity index (χ2v) is 3.94. The van der Waals surface area contributed by atoms with Gasteiger partial charge in [-0.15, -0.1) is 0 Å². The van der Waals surface area contributed by atoms with E-state index < -0.39 is 0 Å². The number of aromatic amines is 1. The van der Waals surface area contributed by atoms with E-state index in [0.29, 0.717) is 0 Å². The number of H-pyrrole nitrogens is 1. The van der Waals surface area contributed by atoms with Crippen molar-refractivity contribution in [3.05, 3.63) is 22.5 Å². The highest BCUT2D eigenvalue weighted by Gasteiger charge is 2.10. The third-order valence-corrected chi connectivity index (χ3v) is 2.56. The Bertz CT molecular complexity index is 326. The lowest BCUT2D eigenvalue weighted by atomic mass is 10.1. The molecular formula is C11H18N2O. The molecule has 3 nitrogen and oxygen atoms in total. The maximum atomic E-state index is 10.7. The quantitative estimate of drug-likeness (QED) is 0.738. The maximum absolute atomic E-state index is 10.7. The molecule has 1 aromatic heterocycles. The van der Waals surface area contributed by atoms with Crippen LogP contribution in [0, 0.1) is 13.8 Å². The predicted molar refractivity (Wildman–Crippen MR) is 57.9 cm³/mol. The smallest absolute Gasteiger partial charge is 0.166 e. The predicted octanol–water partition coefficient (Wildman–Crippen LogP) is 1.55. The first kappa shape index (κ1) is 11.0. The summed E-state index contributed by atoms with van der Waals surface area (Å²) in [6, 6.07) is 0. The minimum atomic E-state index is 0.719. The Hall–Kier alpha value is -1.09. The largest absolute Gasteiger partial charge is 0.356 e. The molecule has 0 unspecified atom stereocenters. The van der Waals surface area contributed by atoms with Gasteiger partial charge in [0.05, 0.1) is 5.69 Å². The Morgan fingerprint density at radius 2 is 2.00 bits per heavy atom. The van der Waals surface area contributed by atoms with Crippen LogP contribution in [0.15, 0.2) is 0 Å². The lowest BCUT2D eigenvalue weighted by Crippen LogP contribution is -2.15. The van der Waals surface area contributed by atoms with Gasteiger partial charge in [0.1, 0.15) is 0 Å². The van der Waals surface area contributed by atoms with Crippen LogP contribution in [0.1, 0.15) is 27.3 Å². The number of nitrogens with one attached hydrogen (secondary N) is 1. The van der Waals surface area contributed by atoms with E-state index in [1.807, 2.05) is 13.8 Å². The van der Waals surface area contributed by atoms with Crippen LogP contribution in [0.2, 0.25) is 0 Å². The molecule has 0 saturated carbocycles. The molecule has 0 fully saturated rings. The summed E-state index contributed by atoms with van der Waals surface area (Å²) in [6.07, 6.45) is 1.89. The number of aldehydes is 1. The highest BCUT2D eigenvalue weighted by molar-refractivity contribution is 5.75. The minimum Gasteiger partial charge on any atom is -0.356 e. The second kappa shape index (κ2) is 4.42. The summed E-state index contributed by atoms with van der Waals surface area (Å²) in [6.45, 7) is 5.03. The topological polar surface area (TPSA) is 36.1 Å². The van der Waals surface area contributed by atoms with Gasteiger partial charge in [-0.2, -0.15) is 0 Å². The highest BCUT2D eigenvalue weighted by atomic mass is 16.1. The van der Waals surface area contributed by atoms with Crippen molar-refractivity contribution in [3.8, 4) is 0 Å². The van der Waals surface area contributed by atoms with Gasteiger partial charge >= 0.3 is 0 Å². The molecule has 0 atom stereocenters. The molecular weight excluding hydrogens is 176 g/mol. The fourth-order valence-electron chi connectivity index (χ4n) is 1.64. The second-order valence-electron chi connectivity index (χ2n) is 3.94. The molecule has 1 N–H and O–H groups in total. The van der Waals surface area contributed by atoms with Gasteiger partial charge < -0.3 is 9.88 Å². The molecule has 3 heteroatoms. The molecule has 0 radical (unpaired) electrons. The van der Waals surface area contributed by atoms with Crippen molar-refractivity contribution in [3.63, 3.8) is 0 Å². The molecule has 0 saturated heterocycles. The Kier molecular flexibility index (Phi) is 3.47. The van der Waals surface area contributed by atoms with Gasteiger partial charge in [-0.3, -0.25) is 4.79 Å². The zero-order valence-electron chi connectivity index (χ0n) is 9.35. The van der Waals surface area contributed by atoms with Crippen LogP contribution in [-0.2, 0) is 6.42 Å². The molecule has 1 heterocycles. The zero-order chi connectivity index (χ0) is 10.7. The Labute approximate surface area is 85.1 Å². The zero-order valence-corrected chi connectivity index (χ0v) is 9.35. The molecule has 0 bridgehead atoms. The van der Waals surface area contributed by atoms with Gasteiger partial charge in [-0.1, -0.05) is 0 Å². The average Bonchev–Trinajstić information content (AvgIpc) is 2.39. The molecule has 1 rings (SSSR count). The molecule has 0 aliphatic heterocycles. The summed E-state index contributed by atoms with van der Waals surface area (Å²) in [7, 11) is 4.11. The molecule has 14 heavy (non-hydrogen) atoms. The number of nitrogens with zero attached hydrogens (tertiary/aromatic N) is 1. The van der Waals surface area contributed by atoms with Gasteiger partial charge in [0, 0.05) is 12.2 Å². The van der Waals surface area contributed by atoms with Crippen molar-refractivity contribution in [2.24, 2.45) is 0 Å². The van der Waals surface area contributed by atoms with Gasteiger partial charge in [-0.05, 0) is 45.5 Å². The first-order chi connectivity index (χ1) is 6.56. The van der Waals surface area contributed by atoms with Crippen molar-refractivity contribution < 1.29 is 4.79 Å². The van der Waals surface area contributed by atoms with E-state index >= 15 is 0 Å². The van der Waals surface area contributed by atoms with Crippen molar-refractivity contribution in [2.45, 2.75) is 20.3 Å². The Balaban J connectivity index is 2.85. The number of rotatable bonds is 4. The standard InChI is InChI=1S/C11H18N2O/c1-8-10(5-6-13(3)4)9(2)12-11(8)7-14/h7,12H,5-6H2,1-4H3. The molecule has 0 spiro atoms. The van der Waals surface area contributed by atoms with E-state index in [2.05, 4.69) is 24.0 Å². The fraction of sp³-hybridized carbons (Fsp3) is 0.545. The maximum Gasteiger partial charge on any atom is 0.166 e. The van der Waals surface area contributed by atoms with Crippen molar-refractivity contribution in [2.75, 3.05) is 20.6 Å². The van der Waals surface area contributed by atoms with Crippen LogP contribution in [0.5, 0.6) is 0 Å². The fourth-order valence-corrected chi connectivity index (χ4v) is 1.64. The van der Waals surface area contributed by atoms with Crippen LogP contribution >= 0.6 is 0 Å². The van der Waals surface area contributed by atoms with E-state index in [0.717, 1.165) is 36.2 Å². The SMILES string of the molecule is Cc1[nH]c(C=O)c(C)c1CCN(C)C. The summed E-state index contributed by atoms with van der Waals surface area (Å²) in [4.78, 5) is 15.9. The summed E-state index contributed by atoms with van der Waals surface area (Å²) >= 11 is 0. The monoisotopic (exact) mass is 194 g/mol. The number of aromatic nitrogens is 1. The van der Waals surface area contributed by atoms with E-state index in [9.17, 15) is 4.79 Å². The lowest BCUT2D eigenvalue weighted by molar-refractivity contribution is 0.111. The third-order valence-electron chi connectivity index (χ3n) is 2.56. The Morgan fingerprint density at radius 1 is 1.36 bits per heavy atom. The number of likely N-dealkylation sites (N-methyl/N-ethyl adjacent to an activating group) is 1. The van der Waals surface area contributed by atoms with Crippen LogP contribution in [0.25, 0.3) is 0 Å². The number of hydrogen-bond acceptors (Lipinski definition) is 2. The van der Waals surface area contributed by atoms with Gasteiger partial charge in [0.15, 0.2) is 6.29 Å². The first-order valence-electron chi connectivity index (χ1n) is 4.84. The molecule has 1 aromatic rings. The molecule has 0 aliphatic carbocycles. The van der Waals surface area contributed by atoms with Gasteiger partial charge in [0.2, 0.25) is 0 Å². The molecule has 0 aromatic carbocycles. The average molecular weight is 194 g/mol. The molecule has 78 valence electrons. The van der Waals surface area contributed by atoms with Crippen LogP contribution < -0.4 is 0 Å². The van der Waals surface area contributed by atoms with Gasteiger partial charge in [-0.25, -0.2) is 0 Å². The normalized spacial score (nSPS) is 10.9. The summed E-state index contributed by atoms with van der Waals surface area (Å²) in [5, 5.41) is 0. The van der Waals surface area contributed by atoms with E-state index in [4.69, 9.17) is 0 Å². The van der Waals surface area contributed by atoms with E-state index in [1.54, 1.807) is 0 Å². The van der Waals surface area contributed by atoms with Crippen molar-refractivity contribution in [1.82, 2.24) is 9.88 Å². The highest BCUT2D eigenvalue weighted by Crippen LogP contribution is 2.16. The van der Waals surface area contributed by atoms with Gasteiger partial charge in [0.25, 0.3) is 0 Å². The molecule has 0 amide bonds. The number of aryl methyl sites for hydroxylation is 1. The summed E-state index contributed by atoms with van der Waals surface area (Å²) in [5.74, 6) is 0. The van der Waals surface area contributed by atoms with E-state index in [1.165, 1.54) is 5.56 Å². The summed E-state index contributed by atoms with van der Waals surface area (Å²) in [5.41, 5.74) is 4.21. The first-order valence-corrected chi connectivity index (χ1v) is 4.84. The van der Waals surface area contributed by atoms with Crippen LogP contribution in [-0.4, -0.2) is 36.8 Å². The summed E-state index contributed by atoms with van der Waals surface area (Å²) < 4.78 is 0. The van der Waals surface area contributed by atoms with Crippen LogP contribution in [0.3, 0.4) is 0 Å².